The summed E-state index contributed by atoms with van der Waals surface area (Å²) in [7, 11) is 1.53. The molecule has 0 saturated carbocycles. The Hall–Kier alpha value is -2.11. The molecule has 0 spiro atoms. The fourth-order valence-corrected chi connectivity index (χ4v) is 2.22. The van der Waals surface area contributed by atoms with Crippen LogP contribution < -0.4 is 9.64 Å². The average Bonchev–Trinajstić information content (AvgIpc) is 2.38. The number of nitrogens with zero attached hydrogens (tertiary/aromatic N) is 1. The molecular formula is C14H16FNO4. The molecule has 6 heteroatoms. The standard InChI is InChI=1S/C14H16FNO4/c1-8(15)12-13(18)16(14(12)20-9(2)17)10-4-6-11(19-3)7-5-10/h4-8,12,14H,1-3H3/t8-,12+,14+/m1/s1. The first kappa shape index (κ1) is 14.3. The summed E-state index contributed by atoms with van der Waals surface area (Å²) in [6.07, 6.45) is -2.27. The fraction of sp³-hybridized carbons (Fsp3) is 0.429. The van der Waals surface area contributed by atoms with E-state index in [0.29, 0.717) is 11.4 Å². The smallest absolute Gasteiger partial charge is 0.304 e. The van der Waals surface area contributed by atoms with Gasteiger partial charge in [-0.3, -0.25) is 14.5 Å². The molecule has 0 aromatic heterocycles. The predicted octanol–water partition coefficient (Wildman–Crippen LogP) is 1.91. The lowest BCUT2D eigenvalue weighted by Crippen LogP contribution is -2.65. The monoisotopic (exact) mass is 281 g/mol. The maximum atomic E-state index is 13.4. The van der Waals surface area contributed by atoms with Crippen LogP contribution in [0.5, 0.6) is 5.75 Å². The Morgan fingerprint density at radius 1 is 1.35 bits per heavy atom. The molecule has 0 N–H and O–H groups in total. The van der Waals surface area contributed by atoms with Crippen LogP contribution in [0.25, 0.3) is 0 Å². The molecule has 1 aliphatic heterocycles. The fourth-order valence-electron chi connectivity index (χ4n) is 2.22. The molecule has 108 valence electrons. The van der Waals surface area contributed by atoms with Crippen molar-refractivity contribution < 1.29 is 23.5 Å². The molecule has 1 heterocycles. The van der Waals surface area contributed by atoms with Crippen molar-refractivity contribution in [3.05, 3.63) is 24.3 Å². The van der Waals surface area contributed by atoms with E-state index in [-0.39, 0.29) is 0 Å². The van der Waals surface area contributed by atoms with Crippen LogP contribution in [0.2, 0.25) is 0 Å². The summed E-state index contributed by atoms with van der Waals surface area (Å²) >= 11 is 0. The Balaban J connectivity index is 2.24. The van der Waals surface area contributed by atoms with E-state index in [9.17, 15) is 14.0 Å². The van der Waals surface area contributed by atoms with Crippen molar-refractivity contribution in [2.75, 3.05) is 12.0 Å². The van der Waals surface area contributed by atoms with Crippen molar-refractivity contribution in [2.24, 2.45) is 5.92 Å². The van der Waals surface area contributed by atoms with E-state index in [2.05, 4.69) is 0 Å². The van der Waals surface area contributed by atoms with Crippen molar-refractivity contribution in [3.8, 4) is 5.75 Å². The minimum Gasteiger partial charge on any atom is -0.497 e. The van der Waals surface area contributed by atoms with E-state index in [1.165, 1.54) is 25.9 Å². The van der Waals surface area contributed by atoms with Gasteiger partial charge in [-0.05, 0) is 31.2 Å². The number of β-lactam (4-membered cyclic amide) rings is 1. The van der Waals surface area contributed by atoms with E-state index in [1.54, 1.807) is 24.3 Å². The number of esters is 1. The summed E-state index contributed by atoms with van der Waals surface area (Å²) in [5.74, 6) is -1.25. The molecule has 1 aromatic rings. The number of halogens is 1. The molecular weight excluding hydrogens is 265 g/mol. The Kier molecular flexibility index (Phi) is 3.92. The molecule has 0 bridgehead atoms. The minimum absolute atomic E-state index is 0.392. The summed E-state index contributed by atoms with van der Waals surface area (Å²) in [6.45, 7) is 2.51. The van der Waals surface area contributed by atoms with E-state index < -0.39 is 30.2 Å². The lowest BCUT2D eigenvalue weighted by molar-refractivity contribution is -0.164. The molecule has 20 heavy (non-hydrogen) atoms. The van der Waals surface area contributed by atoms with Gasteiger partial charge in [-0.1, -0.05) is 0 Å². The molecule has 2 rings (SSSR count). The van der Waals surface area contributed by atoms with Gasteiger partial charge in [0.2, 0.25) is 5.91 Å². The first-order chi connectivity index (χ1) is 9.45. The summed E-state index contributed by atoms with van der Waals surface area (Å²) in [5, 5.41) is 0. The van der Waals surface area contributed by atoms with Gasteiger partial charge in [-0.25, -0.2) is 4.39 Å². The number of hydrogen-bond donors (Lipinski definition) is 0. The van der Waals surface area contributed by atoms with Crippen molar-refractivity contribution in [3.63, 3.8) is 0 Å². The molecule has 0 radical (unpaired) electrons. The summed E-state index contributed by atoms with van der Waals surface area (Å²) in [6, 6.07) is 6.68. The normalized spacial score (nSPS) is 23.0. The minimum atomic E-state index is -1.37. The molecule has 1 amide bonds. The van der Waals surface area contributed by atoms with Gasteiger partial charge in [0.1, 0.15) is 17.8 Å². The number of alkyl halides is 1. The van der Waals surface area contributed by atoms with Gasteiger partial charge in [-0.2, -0.15) is 0 Å². The Bertz CT molecular complexity index is 514. The maximum absolute atomic E-state index is 13.4. The van der Waals surface area contributed by atoms with Crippen LogP contribution in [0.4, 0.5) is 10.1 Å². The van der Waals surface area contributed by atoms with Crippen LogP contribution in [0, 0.1) is 5.92 Å². The highest BCUT2D eigenvalue weighted by atomic mass is 19.1. The SMILES string of the molecule is COc1ccc(N2C(=O)[C@H]([C@@H](C)F)[C@@H]2OC(C)=O)cc1. The third-order valence-corrected chi connectivity index (χ3v) is 3.22. The number of methoxy groups -OCH3 is 1. The lowest BCUT2D eigenvalue weighted by atomic mass is 9.90. The summed E-state index contributed by atoms with van der Waals surface area (Å²) in [4.78, 5) is 24.4. The van der Waals surface area contributed by atoms with E-state index in [4.69, 9.17) is 9.47 Å². The Morgan fingerprint density at radius 2 is 1.95 bits per heavy atom. The van der Waals surface area contributed by atoms with Crippen molar-refractivity contribution >= 4 is 17.6 Å². The highest BCUT2D eigenvalue weighted by Crippen LogP contribution is 2.37. The van der Waals surface area contributed by atoms with Gasteiger partial charge < -0.3 is 9.47 Å². The van der Waals surface area contributed by atoms with Crippen LogP contribution in [0.3, 0.4) is 0 Å². The summed E-state index contributed by atoms with van der Waals surface area (Å²) in [5.41, 5.74) is 0.541. The summed E-state index contributed by atoms with van der Waals surface area (Å²) < 4.78 is 23.5. The highest BCUT2D eigenvalue weighted by Gasteiger charge is 2.53. The number of benzene rings is 1. The zero-order valence-electron chi connectivity index (χ0n) is 11.5. The van der Waals surface area contributed by atoms with Crippen LogP contribution in [-0.4, -0.2) is 31.4 Å². The molecule has 3 atom stereocenters. The second-order valence-corrected chi connectivity index (χ2v) is 4.61. The van der Waals surface area contributed by atoms with Gasteiger partial charge >= 0.3 is 5.97 Å². The second-order valence-electron chi connectivity index (χ2n) is 4.61. The van der Waals surface area contributed by atoms with Gasteiger partial charge in [0.15, 0.2) is 6.23 Å². The number of hydrogen-bond acceptors (Lipinski definition) is 4. The van der Waals surface area contributed by atoms with E-state index >= 15 is 0 Å². The van der Waals surface area contributed by atoms with Crippen molar-refractivity contribution in [2.45, 2.75) is 26.2 Å². The van der Waals surface area contributed by atoms with Crippen LogP contribution in [0.15, 0.2) is 24.3 Å². The number of carbonyl (C=O) groups is 2. The Morgan fingerprint density at radius 3 is 2.40 bits per heavy atom. The van der Waals surface area contributed by atoms with Gasteiger partial charge in [-0.15, -0.1) is 0 Å². The lowest BCUT2D eigenvalue weighted by Gasteiger charge is -2.46. The first-order valence-electron chi connectivity index (χ1n) is 6.24. The van der Waals surface area contributed by atoms with Gasteiger partial charge in [0.05, 0.1) is 7.11 Å². The molecule has 5 nitrogen and oxygen atoms in total. The quantitative estimate of drug-likeness (QED) is 0.625. The Labute approximate surface area is 116 Å². The van der Waals surface area contributed by atoms with Crippen molar-refractivity contribution in [1.82, 2.24) is 0 Å². The highest BCUT2D eigenvalue weighted by molar-refractivity contribution is 6.03. The van der Waals surface area contributed by atoms with E-state index in [1.807, 2.05) is 0 Å². The molecule has 0 unspecified atom stereocenters. The van der Waals surface area contributed by atoms with Gasteiger partial charge in [0.25, 0.3) is 0 Å². The van der Waals surface area contributed by atoms with E-state index in [0.717, 1.165) is 0 Å². The molecule has 1 saturated heterocycles. The maximum Gasteiger partial charge on any atom is 0.304 e. The zero-order valence-corrected chi connectivity index (χ0v) is 11.5. The number of carbonyl (C=O) groups excluding carboxylic acids is 2. The molecule has 0 aliphatic carbocycles. The number of rotatable bonds is 4. The second kappa shape index (κ2) is 5.48. The van der Waals surface area contributed by atoms with Gasteiger partial charge in [0, 0.05) is 12.6 Å². The van der Waals surface area contributed by atoms with Crippen LogP contribution in [-0.2, 0) is 14.3 Å². The number of amides is 1. The zero-order chi connectivity index (χ0) is 14.9. The third kappa shape index (κ3) is 2.45. The van der Waals surface area contributed by atoms with Crippen LogP contribution in [0.1, 0.15) is 13.8 Å². The first-order valence-corrected chi connectivity index (χ1v) is 6.24. The average molecular weight is 281 g/mol. The molecule has 1 fully saturated rings. The predicted molar refractivity (Wildman–Crippen MR) is 70.1 cm³/mol. The number of ether oxygens (including phenoxy) is 2. The number of anilines is 1. The van der Waals surface area contributed by atoms with Crippen molar-refractivity contribution in [1.29, 1.82) is 0 Å². The molecule has 1 aliphatic rings. The third-order valence-electron chi connectivity index (χ3n) is 3.22. The van der Waals surface area contributed by atoms with Crippen LogP contribution >= 0.6 is 0 Å². The largest absolute Gasteiger partial charge is 0.497 e. The topological polar surface area (TPSA) is 55.8 Å². The molecule has 1 aromatic carbocycles.